The molecule has 3 heterocycles. The zero-order valence-corrected chi connectivity index (χ0v) is 25.5. The van der Waals surface area contributed by atoms with Gasteiger partial charge in [0.1, 0.15) is 5.75 Å². The van der Waals surface area contributed by atoms with Gasteiger partial charge in [-0.15, -0.1) is 0 Å². The number of nitrogens with one attached hydrogen (secondary N) is 1. The predicted molar refractivity (Wildman–Crippen MR) is 155 cm³/mol. The number of aromatic nitrogens is 2. The van der Waals surface area contributed by atoms with Crippen LogP contribution in [0.5, 0.6) is 17.5 Å². The van der Waals surface area contributed by atoms with E-state index in [1.54, 1.807) is 0 Å². The first kappa shape index (κ1) is 29.3. The molecule has 1 atom stereocenters. The molecule has 4 rings (SSSR count). The van der Waals surface area contributed by atoms with Gasteiger partial charge in [0.05, 0.1) is 28.4 Å². The average molecular weight is 570 g/mol. The van der Waals surface area contributed by atoms with E-state index in [-0.39, 0.29) is 23.4 Å². The number of rotatable bonds is 9. The SMILES string of the molecule is COc1nc(N2CCC(N(C)C)CC2)nc(OC)c1NC(=O)C1OC(Oc2cc([Si](C)(C)C)ccc2C)=CC1=O. The van der Waals surface area contributed by atoms with E-state index >= 15 is 0 Å². The van der Waals surface area contributed by atoms with Gasteiger partial charge in [0, 0.05) is 19.1 Å². The summed E-state index contributed by atoms with van der Waals surface area (Å²) in [5, 5.41) is 3.87. The van der Waals surface area contributed by atoms with Crippen LogP contribution in [-0.4, -0.2) is 88.2 Å². The average Bonchev–Trinajstić information content (AvgIpc) is 3.29. The largest absolute Gasteiger partial charge is 0.479 e. The Hall–Kier alpha value is -3.64. The lowest BCUT2D eigenvalue weighted by Gasteiger charge is -2.35. The van der Waals surface area contributed by atoms with Gasteiger partial charge in [0.25, 0.3) is 11.9 Å². The summed E-state index contributed by atoms with van der Waals surface area (Å²) >= 11 is 0. The molecule has 1 N–H and O–H groups in total. The normalized spacial score (nSPS) is 17.9. The van der Waals surface area contributed by atoms with Crippen molar-refractivity contribution < 1.29 is 28.5 Å². The molecule has 216 valence electrons. The Morgan fingerprint density at radius 1 is 1.10 bits per heavy atom. The van der Waals surface area contributed by atoms with Gasteiger partial charge in [0.2, 0.25) is 29.6 Å². The van der Waals surface area contributed by atoms with E-state index in [9.17, 15) is 9.59 Å². The summed E-state index contributed by atoms with van der Waals surface area (Å²) in [5.41, 5.74) is 1.01. The van der Waals surface area contributed by atoms with Crippen LogP contribution in [0.1, 0.15) is 18.4 Å². The van der Waals surface area contributed by atoms with Gasteiger partial charge in [-0.1, -0.05) is 37.0 Å². The second-order valence-electron chi connectivity index (χ2n) is 11.3. The maximum absolute atomic E-state index is 13.2. The first-order valence-electron chi connectivity index (χ1n) is 13.3. The van der Waals surface area contributed by atoms with Crippen molar-refractivity contribution in [3.8, 4) is 17.5 Å². The highest BCUT2D eigenvalue weighted by molar-refractivity contribution is 6.88. The molecule has 2 aromatic rings. The molecule has 2 aliphatic rings. The molecule has 1 aromatic carbocycles. The van der Waals surface area contributed by atoms with Crippen molar-refractivity contribution in [2.75, 3.05) is 51.6 Å². The molecule has 0 aliphatic carbocycles. The number of aryl methyl sites for hydroxylation is 1. The molecular formula is C28H39N5O6Si. The van der Waals surface area contributed by atoms with E-state index in [2.05, 4.69) is 64.9 Å². The molecule has 11 nitrogen and oxygen atoms in total. The van der Waals surface area contributed by atoms with Gasteiger partial charge in [0.15, 0.2) is 5.69 Å². The van der Waals surface area contributed by atoms with Crippen LogP contribution in [0.15, 0.2) is 30.2 Å². The number of ether oxygens (including phenoxy) is 4. The standard InChI is InChI=1S/C28H39N5O6Si/c1-17-9-10-19(40(6,7)8)15-21(17)38-22-16-20(34)24(39-22)25(35)29-23-26(36-4)30-28(31-27(23)37-5)33-13-11-18(12-14-33)32(2)3/h9-10,15-16,18,24H,11-14H2,1-8H3,(H,29,35). The molecule has 40 heavy (non-hydrogen) atoms. The van der Waals surface area contributed by atoms with Crippen LogP contribution in [0.4, 0.5) is 11.6 Å². The van der Waals surface area contributed by atoms with Crippen LogP contribution >= 0.6 is 0 Å². The summed E-state index contributed by atoms with van der Waals surface area (Å²) in [7, 11) is 5.47. The minimum atomic E-state index is -1.58. The molecule has 1 amide bonds. The Morgan fingerprint density at radius 3 is 2.27 bits per heavy atom. The predicted octanol–water partition coefficient (Wildman–Crippen LogP) is 2.70. The third-order valence-electron chi connectivity index (χ3n) is 7.20. The minimum absolute atomic E-state index is 0.0346. The second kappa shape index (κ2) is 11.8. The molecule has 0 saturated carbocycles. The van der Waals surface area contributed by atoms with E-state index in [1.807, 2.05) is 19.1 Å². The van der Waals surface area contributed by atoms with Gasteiger partial charge < -0.3 is 34.1 Å². The number of benzene rings is 1. The van der Waals surface area contributed by atoms with Gasteiger partial charge >= 0.3 is 0 Å². The molecule has 1 saturated heterocycles. The molecule has 1 fully saturated rings. The molecule has 12 heteroatoms. The number of piperidine rings is 1. The number of amides is 1. The van der Waals surface area contributed by atoms with Crippen LogP contribution in [0.25, 0.3) is 0 Å². The van der Waals surface area contributed by atoms with Crippen LogP contribution in [0.2, 0.25) is 19.6 Å². The number of carbonyl (C=O) groups is 2. The first-order chi connectivity index (χ1) is 18.9. The van der Waals surface area contributed by atoms with Crippen molar-refractivity contribution in [1.29, 1.82) is 0 Å². The van der Waals surface area contributed by atoms with Crippen molar-refractivity contribution in [3.05, 3.63) is 35.8 Å². The fourth-order valence-corrected chi connectivity index (χ4v) is 5.79. The highest BCUT2D eigenvalue weighted by Gasteiger charge is 2.37. The van der Waals surface area contributed by atoms with Gasteiger partial charge in [-0.05, 0) is 45.5 Å². The Kier molecular flexibility index (Phi) is 8.69. The van der Waals surface area contributed by atoms with E-state index < -0.39 is 25.9 Å². The lowest BCUT2D eigenvalue weighted by atomic mass is 10.0. The second-order valence-corrected chi connectivity index (χ2v) is 16.4. The molecular weight excluding hydrogens is 530 g/mol. The smallest absolute Gasteiger partial charge is 0.289 e. The number of hydrogen-bond acceptors (Lipinski definition) is 10. The van der Waals surface area contributed by atoms with E-state index in [0.29, 0.717) is 17.7 Å². The van der Waals surface area contributed by atoms with Crippen LogP contribution in [0, 0.1) is 6.92 Å². The summed E-state index contributed by atoms with van der Waals surface area (Å²) in [4.78, 5) is 39.2. The Balaban J connectivity index is 1.47. The lowest BCUT2D eigenvalue weighted by molar-refractivity contribution is -0.134. The number of hydrogen-bond donors (Lipinski definition) is 1. The Labute approximate surface area is 236 Å². The monoisotopic (exact) mass is 569 g/mol. The molecule has 0 bridgehead atoms. The van der Waals surface area contributed by atoms with E-state index in [0.717, 1.165) is 31.5 Å². The fourth-order valence-electron chi connectivity index (χ4n) is 4.65. The van der Waals surface area contributed by atoms with Gasteiger partial charge in [-0.25, -0.2) is 0 Å². The lowest BCUT2D eigenvalue weighted by Crippen LogP contribution is -2.42. The molecule has 0 radical (unpaired) electrons. The maximum Gasteiger partial charge on any atom is 0.289 e. The van der Waals surface area contributed by atoms with Crippen LogP contribution < -0.4 is 29.6 Å². The Bertz CT molecular complexity index is 1280. The summed E-state index contributed by atoms with van der Waals surface area (Å²) < 4.78 is 22.5. The van der Waals surface area contributed by atoms with Crippen molar-refractivity contribution in [1.82, 2.24) is 14.9 Å². The molecule has 2 aliphatic heterocycles. The number of carbonyl (C=O) groups excluding carboxylic acids is 2. The zero-order valence-electron chi connectivity index (χ0n) is 24.5. The fraction of sp³-hybridized carbons (Fsp3) is 0.500. The van der Waals surface area contributed by atoms with Crippen LogP contribution in [0.3, 0.4) is 0 Å². The summed E-state index contributed by atoms with van der Waals surface area (Å²) in [6.45, 7) is 10.2. The summed E-state index contributed by atoms with van der Waals surface area (Å²) in [5.74, 6) is -0.00456. The molecule has 1 aromatic heterocycles. The third-order valence-corrected chi connectivity index (χ3v) is 9.24. The van der Waals surface area contributed by atoms with Gasteiger partial charge in [-0.2, -0.15) is 9.97 Å². The quantitative estimate of drug-likeness (QED) is 0.357. The number of methoxy groups -OCH3 is 2. The van der Waals surface area contributed by atoms with Crippen molar-refractivity contribution in [2.24, 2.45) is 0 Å². The Morgan fingerprint density at radius 2 is 1.73 bits per heavy atom. The number of ketones is 1. The van der Waals surface area contributed by atoms with Crippen molar-refractivity contribution in [3.63, 3.8) is 0 Å². The molecule has 1 unspecified atom stereocenters. The topological polar surface area (TPSA) is 115 Å². The van der Waals surface area contributed by atoms with Crippen molar-refractivity contribution in [2.45, 2.75) is 51.6 Å². The third kappa shape index (κ3) is 6.39. The number of anilines is 2. The van der Waals surface area contributed by atoms with Crippen LogP contribution in [-0.2, 0) is 14.3 Å². The molecule has 0 spiro atoms. The summed E-state index contributed by atoms with van der Waals surface area (Å²) in [6, 6.07) is 6.55. The first-order valence-corrected chi connectivity index (χ1v) is 16.8. The zero-order chi connectivity index (χ0) is 29.2. The van der Waals surface area contributed by atoms with E-state index in [1.165, 1.54) is 25.5 Å². The maximum atomic E-state index is 13.2. The van der Waals surface area contributed by atoms with Gasteiger partial charge in [-0.3, -0.25) is 9.59 Å². The minimum Gasteiger partial charge on any atom is -0.479 e. The highest BCUT2D eigenvalue weighted by Crippen LogP contribution is 2.35. The summed E-state index contributed by atoms with van der Waals surface area (Å²) in [6.07, 6.45) is 1.70. The van der Waals surface area contributed by atoms with Crippen molar-refractivity contribution >= 4 is 36.6 Å². The number of nitrogens with zero attached hydrogens (tertiary/aromatic N) is 4. The van der Waals surface area contributed by atoms with E-state index in [4.69, 9.17) is 18.9 Å². The highest BCUT2D eigenvalue weighted by atomic mass is 28.3.